The van der Waals surface area contributed by atoms with Gasteiger partial charge in [-0.25, -0.2) is 0 Å². The normalized spacial score (nSPS) is 14.7. The van der Waals surface area contributed by atoms with Gasteiger partial charge in [-0.05, 0) is 26.7 Å². The lowest BCUT2D eigenvalue weighted by molar-refractivity contribution is -0.156. The standard InChI is InChI=1S/C22H44O6/c1-5-7-9-11-13-25-15-17-27-19(3)21(22(23)24)20(4)28-18-16-26-14-12-10-8-6-2/h19-21H,5-18H2,1-4H3,(H,23,24). The lowest BCUT2D eigenvalue weighted by Crippen LogP contribution is -2.39. The Hall–Kier alpha value is -0.690. The van der Waals surface area contributed by atoms with Crippen LogP contribution in [0.25, 0.3) is 0 Å². The zero-order valence-corrected chi connectivity index (χ0v) is 18.6. The first-order valence-electron chi connectivity index (χ1n) is 11.2. The SMILES string of the molecule is CCCCCCOCCOC(C)C(C(=O)O)C(C)OCCOCCCCCC. The van der Waals surface area contributed by atoms with Gasteiger partial charge < -0.3 is 24.1 Å². The highest BCUT2D eigenvalue weighted by molar-refractivity contribution is 5.71. The maximum Gasteiger partial charge on any atom is 0.311 e. The van der Waals surface area contributed by atoms with E-state index in [0.29, 0.717) is 26.4 Å². The summed E-state index contributed by atoms with van der Waals surface area (Å²) in [5.41, 5.74) is 0. The van der Waals surface area contributed by atoms with Gasteiger partial charge in [0.1, 0.15) is 5.92 Å². The van der Waals surface area contributed by atoms with Gasteiger partial charge in [-0.3, -0.25) is 4.79 Å². The maximum atomic E-state index is 11.6. The number of carbonyl (C=O) groups is 1. The van der Waals surface area contributed by atoms with E-state index in [1.165, 1.54) is 38.5 Å². The predicted octanol–water partition coefficient (Wildman–Crippen LogP) is 4.69. The summed E-state index contributed by atoms with van der Waals surface area (Å²) in [7, 11) is 0. The van der Waals surface area contributed by atoms with Gasteiger partial charge in [-0.2, -0.15) is 0 Å². The van der Waals surface area contributed by atoms with Gasteiger partial charge in [0, 0.05) is 13.2 Å². The summed E-state index contributed by atoms with van der Waals surface area (Å²) in [6.07, 6.45) is 8.51. The van der Waals surface area contributed by atoms with Crippen LogP contribution in [0.2, 0.25) is 0 Å². The smallest absolute Gasteiger partial charge is 0.311 e. The lowest BCUT2D eigenvalue weighted by Gasteiger charge is -2.26. The summed E-state index contributed by atoms with van der Waals surface area (Å²) in [6, 6.07) is 0. The number of hydrogen-bond acceptors (Lipinski definition) is 5. The van der Waals surface area contributed by atoms with E-state index in [2.05, 4.69) is 13.8 Å². The molecule has 0 amide bonds. The molecule has 0 aliphatic rings. The second kappa shape index (κ2) is 19.6. The number of unbranched alkanes of at least 4 members (excludes halogenated alkanes) is 6. The number of ether oxygens (including phenoxy) is 4. The van der Waals surface area contributed by atoms with E-state index in [1.807, 2.05) is 0 Å². The summed E-state index contributed by atoms with van der Waals surface area (Å²) in [6.45, 7) is 11.2. The van der Waals surface area contributed by atoms with Gasteiger partial charge in [0.05, 0.1) is 38.6 Å². The molecule has 0 saturated carbocycles. The van der Waals surface area contributed by atoms with Gasteiger partial charge in [0.15, 0.2) is 0 Å². The predicted molar refractivity (Wildman–Crippen MR) is 112 cm³/mol. The maximum absolute atomic E-state index is 11.6. The number of rotatable bonds is 21. The Labute approximate surface area is 172 Å². The van der Waals surface area contributed by atoms with Crippen LogP contribution in [-0.2, 0) is 23.7 Å². The summed E-state index contributed by atoms with van der Waals surface area (Å²) < 4.78 is 22.4. The second-order valence-corrected chi connectivity index (χ2v) is 7.36. The summed E-state index contributed by atoms with van der Waals surface area (Å²) in [5, 5.41) is 9.54. The summed E-state index contributed by atoms with van der Waals surface area (Å²) in [4.78, 5) is 11.6. The van der Waals surface area contributed by atoms with Crippen molar-refractivity contribution in [2.45, 2.75) is 91.3 Å². The van der Waals surface area contributed by atoms with E-state index >= 15 is 0 Å². The molecule has 0 aromatic heterocycles. The topological polar surface area (TPSA) is 74.2 Å². The Morgan fingerprint density at radius 2 is 1.11 bits per heavy atom. The average Bonchev–Trinajstić information content (AvgIpc) is 2.65. The molecule has 0 fully saturated rings. The van der Waals surface area contributed by atoms with Crippen molar-refractivity contribution >= 4 is 5.97 Å². The van der Waals surface area contributed by atoms with E-state index in [1.54, 1.807) is 13.8 Å². The van der Waals surface area contributed by atoms with Crippen LogP contribution in [0, 0.1) is 5.92 Å². The van der Waals surface area contributed by atoms with Gasteiger partial charge in [-0.15, -0.1) is 0 Å². The zero-order valence-electron chi connectivity index (χ0n) is 18.6. The van der Waals surface area contributed by atoms with Crippen LogP contribution in [0.4, 0.5) is 0 Å². The number of carboxylic acids is 1. The third-order valence-electron chi connectivity index (χ3n) is 4.80. The minimum Gasteiger partial charge on any atom is -0.481 e. The molecular weight excluding hydrogens is 360 g/mol. The first kappa shape index (κ1) is 27.3. The third-order valence-corrected chi connectivity index (χ3v) is 4.80. The third kappa shape index (κ3) is 15.3. The van der Waals surface area contributed by atoms with Crippen molar-refractivity contribution in [1.29, 1.82) is 0 Å². The molecular formula is C22H44O6. The van der Waals surface area contributed by atoms with Crippen LogP contribution in [-0.4, -0.2) is 62.9 Å². The van der Waals surface area contributed by atoms with Crippen molar-refractivity contribution in [3.8, 4) is 0 Å². The van der Waals surface area contributed by atoms with E-state index < -0.39 is 24.1 Å². The van der Waals surface area contributed by atoms with E-state index in [9.17, 15) is 9.90 Å². The number of aliphatic carboxylic acids is 1. The second-order valence-electron chi connectivity index (χ2n) is 7.36. The fourth-order valence-corrected chi connectivity index (χ4v) is 3.04. The van der Waals surface area contributed by atoms with Crippen LogP contribution in [0.1, 0.15) is 79.1 Å². The molecule has 0 bridgehead atoms. The molecule has 0 aliphatic heterocycles. The molecule has 0 aliphatic carbocycles. The van der Waals surface area contributed by atoms with Crippen molar-refractivity contribution in [2.75, 3.05) is 39.6 Å². The van der Waals surface area contributed by atoms with Gasteiger partial charge in [-0.1, -0.05) is 52.4 Å². The van der Waals surface area contributed by atoms with Crippen LogP contribution in [0.3, 0.4) is 0 Å². The molecule has 0 spiro atoms. The molecule has 0 rings (SSSR count). The minimum atomic E-state index is -0.902. The fourth-order valence-electron chi connectivity index (χ4n) is 3.04. The first-order valence-corrected chi connectivity index (χ1v) is 11.2. The summed E-state index contributed by atoms with van der Waals surface area (Å²) >= 11 is 0. The highest BCUT2D eigenvalue weighted by Gasteiger charge is 2.31. The average molecular weight is 405 g/mol. The van der Waals surface area contributed by atoms with E-state index in [4.69, 9.17) is 18.9 Å². The molecule has 2 unspecified atom stereocenters. The van der Waals surface area contributed by atoms with Crippen LogP contribution >= 0.6 is 0 Å². The van der Waals surface area contributed by atoms with Crippen molar-refractivity contribution in [2.24, 2.45) is 5.92 Å². The van der Waals surface area contributed by atoms with Crippen molar-refractivity contribution in [3.05, 3.63) is 0 Å². The number of carboxylic acid groups (broad SMARTS) is 1. The molecule has 2 atom stereocenters. The van der Waals surface area contributed by atoms with Crippen LogP contribution in [0.15, 0.2) is 0 Å². The lowest BCUT2D eigenvalue weighted by atomic mass is 9.98. The van der Waals surface area contributed by atoms with Crippen LogP contribution < -0.4 is 0 Å². The molecule has 28 heavy (non-hydrogen) atoms. The van der Waals surface area contributed by atoms with E-state index in [0.717, 1.165) is 26.1 Å². The van der Waals surface area contributed by atoms with Gasteiger partial charge in [0.2, 0.25) is 0 Å². The molecule has 0 heterocycles. The molecule has 6 heteroatoms. The highest BCUT2D eigenvalue weighted by Crippen LogP contribution is 2.16. The molecule has 168 valence electrons. The Balaban J connectivity index is 3.89. The van der Waals surface area contributed by atoms with Gasteiger partial charge in [0.25, 0.3) is 0 Å². The summed E-state index contributed by atoms with van der Waals surface area (Å²) in [5.74, 6) is -1.62. The number of hydrogen-bond donors (Lipinski definition) is 1. The molecule has 1 N–H and O–H groups in total. The van der Waals surface area contributed by atoms with E-state index in [-0.39, 0.29) is 0 Å². The molecule has 6 nitrogen and oxygen atoms in total. The molecule has 0 saturated heterocycles. The Kier molecular flexibility index (Phi) is 19.1. The molecule has 0 radical (unpaired) electrons. The van der Waals surface area contributed by atoms with Crippen molar-refractivity contribution in [3.63, 3.8) is 0 Å². The Morgan fingerprint density at radius 3 is 1.46 bits per heavy atom. The van der Waals surface area contributed by atoms with Crippen LogP contribution in [0.5, 0.6) is 0 Å². The Morgan fingerprint density at radius 1 is 0.679 bits per heavy atom. The first-order chi connectivity index (χ1) is 13.5. The van der Waals surface area contributed by atoms with Gasteiger partial charge >= 0.3 is 5.97 Å². The quantitative estimate of drug-likeness (QED) is 0.280. The monoisotopic (exact) mass is 404 g/mol. The van der Waals surface area contributed by atoms with Crippen molar-refractivity contribution < 1.29 is 28.8 Å². The fraction of sp³-hybridized carbons (Fsp3) is 0.955. The van der Waals surface area contributed by atoms with Crippen molar-refractivity contribution in [1.82, 2.24) is 0 Å². The minimum absolute atomic E-state index is 0.395. The molecule has 0 aromatic rings. The largest absolute Gasteiger partial charge is 0.481 e. The highest BCUT2D eigenvalue weighted by atomic mass is 16.5. The molecule has 0 aromatic carbocycles. The zero-order chi connectivity index (χ0) is 21.0. The Bertz CT molecular complexity index is 324.